The average Bonchev–Trinajstić information content (AvgIpc) is 2.00. The van der Waals surface area contributed by atoms with Gasteiger partial charge in [0, 0.05) is 13.1 Å². The molecule has 0 radical (unpaired) electrons. The number of hydrogen-bond donors (Lipinski definition) is 1. The van der Waals surface area contributed by atoms with E-state index in [-0.39, 0.29) is 10.7 Å². The zero-order valence-electron chi connectivity index (χ0n) is 10.2. The quantitative estimate of drug-likeness (QED) is 0.781. The van der Waals surface area contributed by atoms with Gasteiger partial charge in [-0.05, 0) is 31.6 Å². The standard InChI is InChI=1S/C11H23NO2S/c1-9(2)11(7-12-8-11)5-6-15(13,14)10(3)4/h9-10,12H,5-8H2,1-4H3. The molecule has 0 aliphatic carbocycles. The Balaban J connectivity index is 2.56. The van der Waals surface area contributed by atoms with Crippen molar-refractivity contribution in [3.8, 4) is 0 Å². The normalized spacial score (nSPS) is 20.7. The van der Waals surface area contributed by atoms with E-state index in [9.17, 15) is 8.42 Å². The van der Waals surface area contributed by atoms with E-state index < -0.39 is 9.84 Å². The molecule has 0 bridgehead atoms. The lowest BCUT2D eigenvalue weighted by Crippen LogP contribution is -2.57. The summed E-state index contributed by atoms with van der Waals surface area (Å²) in [7, 11) is -2.87. The van der Waals surface area contributed by atoms with Crippen molar-refractivity contribution in [2.45, 2.75) is 39.4 Å². The van der Waals surface area contributed by atoms with Gasteiger partial charge in [0.25, 0.3) is 0 Å². The van der Waals surface area contributed by atoms with Crippen LogP contribution in [0.3, 0.4) is 0 Å². The second-order valence-corrected chi connectivity index (χ2v) is 7.96. The number of hydrogen-bond acceptors (Lipinski definition) is 3. The van der Waals surface area contributed by atoms with Crippen molar-refractivity contribution < 1.29 is 8.42 Å². The molecule has 0 aromatic heterocycles. The molecule has 90 valence electrons. The molecule has 0 spiro atoms. The van der Waals surface area contributed by atoms with Gasteiger partial charge in [0.2, 0.25) is 0 Å². The fourth-order valence-corrected chi connectivity index (χ4v) is 3.06. The summed E-state index contributed by atoms with van der Waals surface area (Å²) < 4.78 is 23.4. The topological polar surface area (TPSA) is 46.2 Å². The van der Waals surface area contributed by atoms with E-state index in [1.165, 1.54) is 0 Å². The molecule has 1 aliphatic rings. The zero-order valence-corrected chi connectivity index (χ0v) is 11.0. The summed E-state index contributed by atoms with van der Waals surface area (Å²) in [5.41, 5.74) is 0.224. The Kier molecular flexibility index (Phi) is 3.82. The Morgan fingerprint density at radius 1 is 1.20 bits per heavy atom. The molecular formula is C11H23NO2S. The molecule has 0 atom stereocenters. The summed E-state index contributed by atoms with van der Waals surface area (Å²) in [4.78, 5) is 0. The number of nitrogens with one attached hydrogen (secondary N) is 1. The summed E-state index contributed by atoms with van der Waals surface area (Å²) in [5, 5.41) is 3.01. The maximum atomic E-state index is 11.7. The SMILES string of the molecule is CC(C)C1(CCS(=O)(=O)C(C)C)CNC1. The van der Waals surface area contributed by atoms with Crippen LogP contribution in [-0.2, 0) is 9.84 Å². The van der Waals surface area contributed by atoms with Gasteiger partial charge < -0.3 is 5.32 Å². The van der Waals surface area contributed by atoms with E-state index in [2.05, 4.69) is 19.2 Å². The lowest BCUT2D eigenvalue weighted by Gasteiger charge is -2.46. The van der Waals surface area contributed by atoms with Gasteiger partial charge in [-0.2, -0.15) is 0 Å². The molecule has 15 heavy (non-hydrogen) atoms. The number of sulfone groups is 1. The Hall–Kier alpha value is -0.0900. The highest BCUT2D eigenvalue weighted by atomic mass is 32.2. The van der Waals surface area contributed by atoms with Crippen LogP contribution in [0.15, 0.2) is 0 Å². The smallest absolute Gasteiger partial charge is 0.152 e. The van der Waals surface area contributed by atoms with Crippen molar-refractivity contribution in [2.24, 2.45) is 11.3 Å². The van der Waals surface area contributed by atoms with Crippen LogP contribution in [0.4, 0.5) is 0 Å². The van der Waals surface area contributed by atoms with Crippen molar-refractivity contribution in [2.75, 3.05) is 18.8 Å². The minimum absolute atomic E-state index is 0.224. The van der Waals surface area contributed by atoms with Gasteiger partial charge in [-0.1, -0.05) is 13.8 Å². The molecule has 1 saturated heterocycles. The molecule has 3 nitrogen and oxygen atoms in total. The molecule has 0 aromatic rings. The van der Waals surface area contributed by atoms with Crippen molar-refractivity contribution >= 4 is 9.84 Å². The third-order valence-electron chi connectivity index (χ3n) is 3.78. The summed E-state index contributed by atoms with van der Waals surface area (Å²) >= 11 is 0. The summed E-state index contributed by atoms with van der Waals surface area (Å²) in [6.45, 7) is 9.83. The van der Waals surface area contributed by atoms with E-state index in [1.807, 2.05) is 0 Å². The van der Waals surface area contributed by atoms with Gasteiger partial charge in [-0.25, -0.2) is 8.42 Å². The molecule has 0 amide bonds. The van der Waals surface area contributed by atoms with Crippen molar-refractivity contribution in [1.82, 2.24) is 5.32 Å². The van der Waals surface area contributed by atoms with Gasteiger partial charge in [0.15, 0.2) is 9.84 Å². The van der Waals surface area contributed by atoms with E-state index in [0.717, 1.165) is 19.5 Å². The van der Waals surface area contributed by atoms with Crippen molar-refractivity contribution in [3.05, 3.63) is 0 Å². The predicted octanol–water partition coefficient (Wildman–Crippen LogP) is 1.45. The fraction of sp³-hybridized carbons (Fsp3) is 1.00. The Morgan fingerprint density at radius 2 is 1.73 bits per heavy atom. The monoisotopic (exact) mass is 233 g/mol. The highest BCUT2D eigenvalue weighted by Crippen LogP contribution is 2.36. The summed E-state index contributed by atoms with van der Waals surface area (Å²) in [6, 6.07) is 0. The van der Waals surface area contributed by atoms with Crippen LogP contribution in [0.1, 0.15) is 34.1 Å². The second-order valence-electron chi connectivity index (χ2n) is 5.29. The van der Waals surface area contributed by atoms with Gasteiger partial charge in [0.1, 0.15) is 0 Å². The molecule has 0 unspecified atom stereocenters. The molecule has 1 heterocycles. The number of rotatable bonds is 5. The van der Waals surface area contributed by atoms with Crippen LogP contribution in [0.5, 0.6) is 0 Å². The predicted molar refractivity (Wildman–Crippen MR) is 63.7 cm³/mol. The van der Waals surface area contributed by atoms with E-state index in [0.29, 0.717) is 11.7 Å². The summed E-state index contributed by atoms with van der Waals surface area (Å²) in [5.74, 6) is 0.894. The van der Waals surface area contributed by atoms with Crippen LogP contribution in [-0.4, -0.2) is 32.5 Å². The van der Waals surface area contributed by atoms with E-state index in [1.54, 1.807) is 13.8 Å². The lowest BCUT2D eigenvalue weighted by molar-refractivity contribution is 0.0949. The molecule has 0 saturated carbocycles. The van der Waals surface area contributed by atoms with Gasteiger partial charge in [-0.15, -0.1) is 0 Å². The van der Waals surface area contributed by atoms with Gasteiger partial charge >= 0.3 is 0 Å². The van der Waals surface area contributed by atoms with E-state index >= 15 is 0 Å². The molecule has 0 aromatic carbocycles. The third-order valence-corrected chi connectivity index (χ3v) is 5.99. The average molecular weight is 233 g/mol. The third kappa shape index (κ3) is 2.72. The van der Waals surface area contributed by atoms with Crippen LogP contribution in [0.2, 0.25) is 0 Å². The largest absolute Gasteiger partial charge is 0.316 e. The maximum absolute atomic E-state index is 11.7. The minimum Gasteiger partial charge on any atom is -0.316 e. The first kappa shape index (κ1) is 13.0. The zero-order chi connectivity index (χ0) is 11.7. The first-order valence-electron chi connectivity index (χ1n) is 5.72. The first-order chi connectivity index (χ1) is 6.80. The molecular weight excluding hydrogens is 210 g/mol. The molecule has 1 aliphatic heterocycles. The molecule has 1 rings (SSSR count). The van der Waals surface area contributed by atoms with Crippen LogP contribution in [0.25, 0.3) is 0 Å². The Bertz CT molecular complexity index is 303. The second kappa shape index (κ2) is 4.42. The van der Waals surface area contributed by atoms with Crippen LogP contribution < -0.4 is 5.32 Å². The molecule has 1 fully saturated rings. The highest BCUT2D eigenvalue weighted by molar-refractivity contribution is 7.91. The van der Waals surface area contributed by atoms with Crippen LogP contribution in [0, 0.1) is 11.3 Å². The first-order valence-corrected chi connectivity index (χ1v) is 7.44. The van der Waals surface area contributed by atoms with Crippen LogP contribution >= 0.6 is 0 Å². The molecule has 4 heteroatoms. The Labute approximate surface area is 93.6 Å². The van der Waals surface area contributed by atoms with Crippen molar-refractivity contribution in [1.29, 1.82) is 0 Å². The lowest BCUT2D eigenvalue weighted by atomic mass is 9.70. The highest BCUT2D eigenvalue weighted by Gasteiger charge is 2.40. The fourth-order valence-electron chi connectivity index (χ4n) is 1.90. The van der Waals surface area contributed by atoms with Gasteiger partial charge in [0.05, 0.1) is 11.0 Å². The maximum Gasteiger partial charge on any atom is 0.152 e. The molecule has 1 N–H and O–H groups in total. The van der Waals surface area contributed by atoms with Gasteiger partial charge in [-0.3, -0.25) is 0 Å². The minimum atomic E-state index is -2.87. The van der Waals surface area contributed by atoms with Crippen molar-refractivity contribution in [3.63, 3.8) is 0 Å². The van der Waals surface area contributed by atoms with E-state index in [4.69, 9.17) is 0 Å². The Morgan fingerprint density at radius 3 is 2.00 bits per heavy atom. The summed E-state index contributed by atoms with van der Waals surface area (Å²) in [6.07, 6.45) is 0.804.